The molecule has 0 aliphatic carbocycles. The highest BCUT2D eigenvalue weighted by atomic mass is 16.3. The molecular formula is C22H39NO2. The van der Waals surface area contributed by atoms with E-state index in [2.05, 4.69) is 31.2 Å². The van der Waals surface area contributed by atoms with Gasteiger partial charge in [-0.15, -0.1) is 0 Å². The lowest BCUT2D eigenvalue weighted by molar-refractivity contribution is 0.149. The van der Waals surface area contributed by atoms with Crippen LogP contribution in [0.2, 0.25) is 0 Å². The molecular weight excluding hydrogens is 310 g/mol. The fraction of sp³-hybridized carbons (Fsp3) is 0.727. The van der Waals surface area contributed by atoms with Crippen LogP contribution >= 0.6 is 0 Å². The van der Waals surface area contributed by atoms with Gasteiger partial charge in [-0.1, -0.05) is 76.1 Å². The summed E-state index contributed by atoms with van der Waals surface area (Å²) < 4.78 is 0. The van der Waals surface area contributed by atoms with Crippen molar-refractivity contribution < 1.29 is 10.2 Å². The Balaban J connectivity index is 2.21. The number of hydrogen-bond acceptors (Lipinski definition) is 3. The van der Waals surface area contributed by atoms with Gasteiger partial charge in [-0.05, 0) is 43.2 Å². The van der Waals surface area contributed by atoms with Crippen LogP contribution in [0.15, 0.2) is 24.3 Å². The van der Waals surface area contributed by atoms with E-state index < -0.39 is 5.54 Å². The molecule has 0 saturated carbocycles. The van der Waals surface area contributed by atoms with E-state index in [0.717, 1.165) is 12.8 Å². The highest BCUT2D eigenvalue weighted by molar-refractivity contribution is 5.23. The predicted octanol–water partition coefficient (Wildman–Crippen LogP) is 4.37. The highest BCUT2D eigenvalue weighted by Gasteiger charge is 2.22. The molecule has 0 aromatic heterocycles. The highest BCUT2D eigenvalue weighted by Crippen LogP contribution is 2.17. The molecule has 0 amide bonds. The van der Waals surface area contributed by atoms with Crippen LogP contribution in [0.3, 0.4) is 0 Å². The van der Waals surface area contributed by atoms with E-state index in [4.69, 9.17) is 10.8 Å². The number of nitrogens with two attached hydrogens (primary N) is 1. The Morgan fingerprint density at radius 1 is 0.760 bits per heavy atom. The van der Waals surface area contributed by atoms with Gasteiger partial charge < -0.3 is 15.9 Å². The molecule has 0 aliphatic heterocycles. The number of rotatable bonds is 15. The Morgan fingerprint density at radius 2 is 1.28 bits per heavy atom. The van der Waals surface area contributed by atoms with Crippen LogP contribution in [-0.4, -0.2) is 29.0 Å². The van der Waals surface area contributed by atoms with Crippen LogP contribution in [0.4, 0.5) is 0 Å². The van der Waals surface area contributed by atoms with Crippen molar-refractivity contribution in [2.24, 2.45) is 5.73 Å². The van der Waals surface area contributed by atoms with Gasteiger partial charge in [0.1, 0.15) is 0 Å². The summed E-state index contributed by atoms with van der Waals surface area (Å²) in [5, 5.41) is 18.5. The van der Waals surface area contributed by atoms with Gasteiger partial charge in [0.25, 0.3) is 0 Å². The first-order chi connectivity index (χ1) is 12.1. The Labute approximate surface area is 154 Å². The largest absolute Gasteiger partial charge is 0.396 e. The van der Waals surface area contributed by atoms with E-state index in [-0.39, 0.29) is 13.2 Å². The van der Waals surface area contributed by atoms with Gasteiger partial charge in [-0.2, -0.15) is 0 Å². The van der Waals surface area contributed by atoms with E-state index in [0.29, 0.717) is 12.8 Å². The summed E-state index contributed by atoms with van der Waals surface area (Å²) in [5.41, 5.74) is 8.11. The molecule has 0 spiro atoms. The third kappa shape index (κ3) is 9.98. The van der Waals surface area contributed by atoms with Gasteiger partial charge in [0.15, 0.2) is 0 Å². The first-order valence-corrected chi connectivity index (χ1v) is 10.2. The van der Waals surface area contributed by atoms with Crippen molar-refractivity contribution in [2.75, 3.05) is 13.2 Å². The minimum absolute atomic E-state index is 0.0224. The second kappa shape index (κ2) is 13.3. The average Bonchev–Trinajstić information content (AvgIpc) is 2.63. The molecule has 0 radical (unpaired) electrons. The second-order valence-electron chi connectivity index (χ2n) is 7.54. The van der Waals surface area contributed by atoms with Gasteiger partial charge in [0, 0.05) is 12.1 Å². The fourth-order valence-corrected chi connectivity index (χ4v) is 3.23. The Hall–Kier alpha value is -0.900. The lowest BCUT2D eigenvalue weighted by atomic mass is 9.90. The zero-order valence-corrected chi connectivity index (χ0v) is 16.2. The van der Waals surface area contributed by atoms with Crippen LogP contribution in [0, 0.1) is 0 Å². The number of aliphatic hydroxyl groups excluding tert-OH is 2. The lowest BCUT2D eigenvalue weighted by Gasteiger charge is -2.26. The molecule has 1 atom stereocenters. The van der Waals surface area contributed by atoms with E-state index >= 15 is 0 Å². The van der Waals surface area contributed by atoms with Crippen LogP contribution in [0.1, 0.15) is 82.3 Å². The molecule has 3 nitrogen and oxygen atoms in total. The third-order valence-corrected chi connectivity index (χ3v) is 5.18. The molecule has 0 saturated heterocycles. The summed E-state index contributed by atoms with van der Waals surface area (Å²) in [5.74, 6) is 0. The van der Waals surface area contributed by atoms with Crippen molar-refractivity contribution >= 4 is 0 Å². The average molecular weight is 350 g/mol. The first-order valence-electron chi connectivity index (χ1n) is 10.2. The van der Waals surface area contributed by atoms with E-state index in [1.165, 1.54) is 62.5 Å². The van der Waals surface area contributed by atoms with Gasteiger partial charge in [0.05, 0.1) is 6.61 Å². The molecule has 0 bridgehead atoms. The van der Waals surface area contributed by atoms with Crippen molar-refractivity contribution in [1.82, 2.24) is 0 Å². The van der Waals surface area contributed by atoms with Crippen molar-refractivity contribution in [2.45, 2.75) is 89.5 Å². The Kier molecular flexibility index (Phi) is 11.8. The van der Waals surface area contributed by atoms with Crippen LogP contribution < -0.4 is 5.73 Å². The van der Waals surface area contributed by atoms with Crippen molar-refractivity contribution in [3.63, 3.8) is 0 Å². The SMILES string of the molecule is CCCCCCCCCCc1ccc(CCC(N)(CO)CCO)cc1. The summed E-state index contributed by atoms with van der Waals surface area (Å²) in [4.78, 5) is 0. The summed E-state index contributed by atoms with van der Waals surface area (Å²) in [6.45, 7) is 2.21. The third-order valence-electron chi connectivity index (χ3n) is 5.18. The van der Waals surface area contributed by atoms with Gasteiger partial charge >= 0.3 is 0 Å². The summed E-state index contributed by atoms with van der Waals surface area (Å²) in [7, 11) is 0. The number of aliphatic hydroxyl groups is 2. The quantitative estimate of drug-likeness (QED) is 0.412. The zero-order valence-electron chi connectivity index (χ0n) is 16.2. The van der Waals surface area contributed by atoms with Crippen molar-refractivity contribution in [3.05, 3.63) is 35.4 Å². The van der Waals surface area contributed by atoms with Gasteiger partial charge in [0.2, 0.25) is 0 Å². The molecule has 3 heteroatoms. The number of hydrogen-bond donors (Lipinski definition) is 3. The van der Waals surface area contributed by atoms with Crippen LogP contribution in [0.25, 0.3) is 0 Å². The minimum Gasteiger partial charge on any atom is -0.396 e. The van der Waals surface area contributed by atoms with E-state index in [1.54, 1.807) is 0 Å². The molecule has 1 unspecified atom stereocenters. The zero-order chi connectivity index (χ0) is 18.4. The number of unbranched alkanes of at least 4 members (excludes halogenated alkanes) is 7. The predicted molar refractivity (Wildman–Crippen MR) is 107 cm³/mol. The van der Waals surface area contributed by atoms with Gasteiger partial charge in [-0.25, -0.2) is 0 Å². The van der Waals surface area contributed by atoms with E-state index in [9.17, 15) is 5.11 Å². The maximum absolute atomic E-state index is 9.40. The molecule has 25 heavy (non-hydrogen) atoms. The van der Waals surface area contributed by atoms with Crippen LogP contribution in [0.5, 0.6) is 0 Å². The fourth-order valence-electron chi connectivity index (χ4n) is 3.23. The lowest BCUT2D eigenvalue weighted by Crippen LogP contribution is -2.44. The normalized spacial score (nSPS) is 13.8. The Morgan fingerprint density at radius 3 is 1.80 bits per heavy atom. The standard InChI is InChI=1S/C22H39NO2/c1-2-3-4-5-6-7-8-9-10-20-11-13-21(14-12-20)15-16-22(23,19-25)17-18-24/h11-14,24-25H,2-10,15-19,23H2,1H3. The minimum atomic E-state index is -0.662. The maximum atomic E-state index is 9.40. The van der Waals surface area contributed by atoms with Gasteiger partial charge in [-0.3, -0.25) is 0 Å². The number of benzene rings is 1. The van der Waals surface area contributed by atoms with Crippen molar-refractivity contribution in [1.29, 1.82) is 0 Å². The summed E-state index contributed by atoms with van der Waals surface area (Å²) in [6, 6.07) is 8.80. The van der Waals surface area contributed by atoms with Crippen molar-refractivity contribution in [3.8, 4) is 0 Å². The maximum Gasteiger partial charge on any atom is 0.0612 e. The molecule has 0 aliphatic rings. The topological polar surface area (TPSA) is 66.5 Å². The molecule has 144 valence electrons. The molecule has 1 rings (SSSR count). The molecule has 0 fully saturated rings. The van der Waals surface area contributed by atoms with E-state index in [1.807, 2.05) is 0 Å². The molecule has 4 N–H and O–H groups in total. The first kappa shape index (κ1) is 22.1. The molecule has 1 aromatic rings. The monoisotopic (exact) mass is 349 g/mol. The smallest absolute Gasteiger partial charge is 0.0612 e. The summed E-state index contributed by atoms with van der Waals surface area (Å²) in [6.07, 6.45) is 14.0. The Bertz CT molecular complexity index is 432. The number of aryl methyl sites for hydroxylation is 2. The summed E-state index contributed by atoms with van der Waals surface area (Å²) >= 11 is 0. The molecule has 1 aromatic carbocycles. The second-order valence-corrected chi connectivity index (χ2v) is 7.54. The van der Waals surface area contributed by atoms with Crippen LogP contribution in [-0.2, 0) is 12.8 Å². The molecule has 0 heterocycles.